The molecule has 5 N–H and O–H groups in total. The van der Waals surface area contributed by atoms with E-state index in [1.165, 1.54) is 18.9 Å². The van der Waals surface area contributed by atoms with Gasteiger partial charge in [-0.2, -0.15) is 0 Å². The lowest BCUT2D eigenvalue weighted by Gasteiger charge is -2.28. The van der Waals surface area contributed by atoms with E-state index in [4.69, 9.17) is 10.9 Å². The van der Waals surface area contributed by atoms with Crippen LogP contribution in [0.1, 0.15) is 38.2 Å². The largest absolute Gasteiger partial charge is 0.399 e. The molecule has 0 unspecified atom stereocenters. The molecule has 2 rings (SSSR count). The molecule has 6 heteroatoms. The van der Waals surface area contributed by atoms with Crippen molar-refractivity contribution in [3.63, 3.8) is 0 Å². The van der Waals surface area contributed by atoms with Crippen molar-refractivity contribution in [2.75, 3.05) is 11.1 Å². The van der Waals surface area contributed by atoms with Crippen LogP contribution in [-0.2, 0) is 10.0 Å². The molecule has 0 spiro atoms. The molecule has 0 saturated heterocycles. The number of primary sulfonamides is 1. The zero-order valence-electron chi connectivity index (χ0n) is 12.0. The average molecular weight is 297 g/mol. The van der Waals surface area contributed by atoms with Crippen LogP contribution in [0.15, 0.2) is 17.0 Å². The molecule has 0 aromatic heterocycles. The topological polar surface area (TPSA) is 98.2 Å². The Bertz CT molecular complexity index is 591. The van der Waals surface area contributed by atoms with Gasteiger partial charge >= 0.3 is 0 Å². The number of hydrogen-bond donors (Lipinski definition) is 3. The van der Waals surface area contributed by atoms with E-state index in [9.17, 15) is 8.42 Å². The summed E-state index contributed by atoms with van der Waals surface area (Å²) < 4.78 is 23.2. The van der Waals surface area contributed by atoms with Crippen LogP contribution in [0.25, 0.3) is 0 Å². The normalized spacial score (nSPS) is 23.6. The molecule has 0 atom stereocenters. The maximum absolute atomic E-state index is 11.6. The summed E-state index contributed by atoms with van der Waals surface area (Å²) >= 11 is 0. The summed E-state index contributed by atoms with van der Waals surface area (Å²) in [5.41, 5.74) is 7.61. The van der Waals surface area contributed by atoms with Crippen LogP contribution in [0.2, 0.25) is 0 Å². The predicted octanol–water partition coefficient (Wildman–Crippen LogP) is 2.22. The molecule has 5 nitrogen and oxygen atoms in total. The summed E-state index contributed by atoms with van der Waals surface area (Å²) in [5.74, 6) is 0.773. The minimum Gasteiger partial charge on any atom is -0.399 e. The van der Waals surface area contributed by atoms with Gasteiger partial charge in [0, 0.05) is 17.4 Å². The second-order valence-corrected chi connectivity index (χ2v) is 7.37. The first-order valence-corrected chi connectivity index (χ1v) is 8.51. The fraction of sp³-hybridized carbons (Fsp3) is 0.571. The fourth-order valence-electron chi connectivity index (χ4n) is 2.78. The van der Waals surface area contributed by atoms with E-state index >= 15 is 0 Å². The van der Waals surface area contributed by atoms with Gasteiger partial charge in [0.05, 0.1) is 4.90 Å². The molecular weight excluding hydrogens is 274 g/mol. The van der Waals surface area contributed by atoms with Crippen molar-refractivity contribution in [2.24, 2.45) is 11.1 Å². The Morgan fingerprint density at radius 3 is 2.35 bits per heavy atom. The van der Waals surface area contributed by atoms with E-state index in [-0.39, 0.29) is 4.90 Å². The highest BCUT2D eigenvalue weighted by Gasteiger charge is 2.21. The maximum atomic E-state index is 11.6. The van der Waals surface area contributed by atoms with E-state index in [0.717, 1.165) is 24.4 Å². The van der Waals surface area contributed by atoms with Gasteiger partial charge in [-0.15, -0.1) is 0 Å². The first kappa shape index (κ1) is 15.1. The Morgan fingerprint density at radius 2 is 1.80 bits per heavy atom. The molecule has 112 valence electrons. The summed E-state index contributed by atoms with van der Waals surface area (Å²) in [6, 6.07) is 3.57. The summed E-state index contributed by atoms with van der Waals surface area (Å²) in [4.78, 5) is 0.101. The lowest BCUT2D eigenvalue weighted by atomic mass is 9.87. The summed E-state index contributed by atoms with van der Waals surface area (Å²) in [6.45, 7) is 4.02. The van der Waals surface area contributed by atoms with Crippen molar-refractivity contribution in [2.45, 2.75) is 50.5 Å². The third-order valence-corrected chi connectivity index (χ3v) is 5.10. The molecular formula is C14H23N3O2S. The smallest absolute Gasteiger partial charge is 0.238 e. The summed E-state index contributed by atoms with van der Waals surface area (Å²) in [5, 5.41) is 8.66. The van der Waals surface area contributed by atoms with Crippen molar-refractivity contribution in [1.82, 2.24) is 0 Å². The van der Waals surface area contributed by atoms with Gasteiger partial charge < -0.3 is 11.1 Å². The van der Waals surface area contributed by atoms with E-state index < -0.39 is 10.0 Å². The van der Waals surface area contributed by atoms with Gasteiger partial charge in [-0.3, -0.25) is 0 Å². The van der Waals surface area contributed by atoms with E-state index in [1.54, 1.807) is 13.0 Å². The molecule has 0 bridgehead atoms. The Hall–Kier alpha value is -1.27. The van der Waals surface area contributed by atoms with Crippen LogP contribution in [0.3, 0.4) is 0 Å². The molecule has 1 aromatic carbocycles. The predicted molar refractivity (Wildman–Crippen MR) is 82.0 cm³/mol. The second-order valence-electron chi connectivity index (χ2n) is 5.84. The first-order valence-electron chi connectivity index (χ1n) is 6.97. The first-order chi connectivity index (χ1) is 9.27. The van der Waals surface area contributed by atoms with Crippen molar-refractivity contribution >= 4 is 21.4 Å². The number of benzene rings is 1. The minimum atomic E-state index is -3.75. The number of nitrogen functional groups attached to an aromatic ring is 1. The van der Waals surface area contributed by atoms with Crippen LogP contribution in [0, 0.1) is 12.8 Å². The Balaban J connectivity index is 2.26. The third kappa shape index (κ3) is 3.43. The number of anilines is 2. The lowest BCUT2D eigenvalue weighted by molar-refractivity contribution is 0.361. The van der Waals surface area contributed by atoms with E-state index in [0.29, 0.717) is 17.3 Å². The number of nitrogens with one attached hydrogen (secondary N) is 1. The standard InChI is InChI=1S/C14H23N3O2S/c1-9-3-5-12(6-4-9)17-13-7-11(15)8-14(10(13)2)20(16,18)19/h7-9,12,17H,3-6,15H2,1-2H3,(H2,16,18,19). The SMILES string of the molecule is Cc1c(NC2CCC(C)CC2)cc(N)cc1S(N)(=O)=O. The highest BCUT2D eigenvalue weighted by Crippen LogP contribution is 2.30. The highest BCUT2D eigenvalue weighted by atomic mass is 32.2. The van der Waals surface area contributed by atoms with Crippen molar-refractivity contribution in [1.29, 1.82) is 0 Å². The quantitative estimate of drug-likeness (QED) is 0.745. The lowest BCUT2D eigenvalue weighted by Crippen LogP contribution is -2.26. The van der Waals surface area contributed by atoms with Crippen LogP contribution in [-0.4, -0.2) is 14.5 Å². The highest BCUT2D eigenvalue weighted by molar-refractivity contribution is 7.89. The van der Waals surface area contributed by atoms with E-state index in [1.807, 2.05) is 0 Å². The van der Waals surface area contributed by atoms with Crippen molar-refractivity contribution in [3.8, 4) is 0 Å². The molecule has 1 aliphatic carbocycles. The zero-order valence-corrected chi connectivity index (χ0v) is 12.8. The van der Waals surface area contributed by atoms with Gasteiger partial charge in [0.25, 0.3) is 0 Å². The molecule has 1 fully saturated rings. The number of rotatable bonds is 3. The van der Waals surface area contributed by atoms with Crippen molar-refractivity contribution in [3.05, 3.63) is 17.7 Å². The molecule has 0 heterocycles. The van der Waals surface area contributed by atoms with Gasteiger partial charge in [-0.05, 0) is 56.2 Å². The molecule has 0 aliphatic heterocycles. The fourth-order valence-corrected chi connectivity index (χ4v) is 3.62. The molecule has 0 amide bonds. The summed E-state index contributed by atoms with van der Waals surface area (Å²) in [7, 11) is -3.75. The second kappa shape index (κ2) is 5.61. The minimum absolute atomic E-state index is 0.101. The summed E-state index contributed by atoms with van der Waals surface area (Å²) in [6.07, 6.45) is 4.59. The Labute approximate surface area is 120 Å². The Kier molecular flexibility index (Phi) is 4.25. The van der Waals surface area contributed by atoms with Gasteiger partial charge in [-0.25, -0.2) is 13.6 Å². The van der Waals surface area contributed by atoms with Crippen LogP contribution in [0.5, 0.6) is 0 Å². The average Bonchev–Trinajstić information content (AvgIpc) is 2.35. The van der Waals surface area contributed by atoms with Crippen LogP contribution in [0.4, 0.5) is 11.4 Å². The molecule has 1 saturated carbocycles. The number of hydrogen-bond acceptors (Lipinski definition) is 4. The third-order valence-electron chi connectivity index (χ3n) is 4.06. The van der Waals surface area contributed by atoms with Gasteiger partial charge in [0.2, 0.25) is 10.0 Å². The van der Waals surface area contributed by atoms with Gasteiger partial charge in [-0.1, -0.05) is 6.92 Å². The molecule has 1 aromatic rings. The monoisotopic (exact) mass is 297 g/mol. The number of nitrogens with two attached hydrogens (primary N) is 2. The zero-order chi connectivity index (χ0) is 14.9. The number of sulfonamides is 1. The molecule has 1 aliphatic rings. The molecule has 0 radical (unpaired) electrons. The van der Waals surface area contributed by atoms with Crippen molar-refractivity contribution < 1.29 is 8.42 Å². The van der Waals surface area contributed by atoms with Gasteiger partial charge in [0.15, 0.2) is 0 Å². The van der Waals surface area contributed by atoms with Crippen LogP contribution >= 0.6 is 0 Å². The Morgan fingerprint density at radius 1 is 1.20 bits per heavy atom. The van der Waals surface area contributed by atoms with Crippen LogP contribution < -0.4 is 16.2 Å². The van der Waals surface area contributed by atoms with Gasteiger partial charge in [0.1, 0.15) is 0 Å². The maximum Gasteiger partial charge on any atom is 0.238 e. The molecule has 20 heavy (non-hydrogen) atoms. The van der Waals surface area contributed by atoms with E-state index in [2.05, 4.69) is 12.2 Å².